The summed E-state index contributed by atoms with van der Waals surface area (Å²) in [5.74, 6) is 2.48. The molecule has 1 aromatic heterocycles. The van der Waals surface area contributed by atoms with Crippen LogP contribution in [-0.2, 0) is 7.05 Å². The highest BCUT2D eigenvalue weighted by atomic mass is 32.2. The van der Waals surface area contributed by atoms with Crippen molar-refractivity contribution in [3.8, 4) is 11.5 Å². The number of hydrogen-bond donors (Lipinski definition) is 0. The second-order valence-corrected chi connectivity index (χ2v) is 5.60. The summed E-state index contributed by atoms with van der Waals surface area (Å²) in [6, 6.07) is 5.27. The molecule has 6 nitrogen and oxygen atoms in total. The largest absolute Gasteiger partial charge is 0.486 e. The number of rotatable bonds is 4. The number of carbonyl (C=O) groups excluding carboxylic acids is 1. The molecule has 2 heterocycles. The molecule has 2 aromatic rings. The Morgan fingerprint density at radius 3 is 2.76 bits per heavy atom. The fourth-order valence-corrected chi connectivity index (χ4v) is 2.79. The summed E-state index contributed by atoms with van der Waals surface area (Å²) < 4.78 is 12.8. The van der Waals surface area contributed by atoms with Gasteiger partial charge in [0.25, 0.3) is 0 Å². The molecule has 1 aliphatic heterocycles. The first-order chi connectivity index (χ1) is 10.1. The number of ether oxygens (including phenoxy) is 2. The van der Waals surface area contributed by atoms with Crippen LogP contribution in [0.15, 0.2) is 23.4 Å². The van der Waals surface area contributed by atoms with Gasteiger partial charge in [0.05, 0.1) is 5.75 Å². The minimum Gasteiger partial charge on any atom is -0.486 e. The Morgan fingerprint density at radius 1 is 1.29 bits per heavy atom. The van der Waals surface area contributed by atoms with Gasteiger partial charge >= 0.3 is 0 Å². The first kappa shape index (κ1) is 13.9. The molecule has 0 N–H and O–H groups in total. The molecular formula is C14H15N3O3S. The number of Topliss-reactive ketones (excluding diaryl/α,β-unsaturated/α-hetero) is 1. The van der Waals surface area contributed by atoms with Crippen molar-refractivity contribution >= 4 is 17.5 Å². The number of aromatic nitrogens is 3. The van der Waals surface area contributed by atoms with E-state index in [1.165, 1.54) is 11.8 Å². The average Bonchev–Trinajstić information content (AvgIpc) is 2.84. The van der Waals surface area contributed by atoms with Gasteiger partial charge in [-0.15, -0.1) is 10.2 Å². The Kier molecular flexibility index (Phi) is 3.83. The van der Waals surface area contributed by atoms with Crippen LogP contribution in [0.25, 0.3) is 0 Å². The lowest BCUT2D eigenvalue weighted by atomic mass is 10.1. The van der Waals surface area contributed by atoms with E-state index >= 15 is 0 Å². The summed E-state index contributed by atoms with van der Waals surface area (Å²) in [5, 5.41) is 8.73. The van der Waals surface area contributed by atoms with Gasteiger partial charge in [0.1, 0.15) is 19.0 Å². The molecule has 110 valence electrons. The molecule has 3 rings (SSSR count). The number of ketones is 1. The molecule has 0 atom stereocenters. The van der Waals surface area contributed by atoms with Gasteiger partial charge in [-0.05, 0) is 25.1 Å². The van der Waals surface area contributed by atoms with Crippen molar-refractivity contribution in [2.45, 2.75) is 12.1 Å². The van der Waals surface area contributed by atoms with Crippen molar-refractivity contribution in [2.24, 2.45) is 7.05 Å². The van der Waals surface area contributed by atoms with Crippen molar-refractivity contribution in [3.05, 3.63) is 29.6 Å². The van der Waals surface area contributed by atoms with Crippen molar-refractivity contribution < 1.29 is 14.3 Å². The van der Waals surface area contributed by atoms with E-state index in [2.05, 4.69) is 10.2 Å². The molecular weight excluding hydrogens is 290 g/mol. The van der Waals surface area contributed by atoms with Crippen molar-refractivity contribution in [3.63, 3.8) is 0 Å². The number of fused-ring (bicyclic) bond motifs is 1. The maximum Gasteiger partial charge on any atom is 0.191 e. The number of benzene rings is 1. The minimum absolute atomic E-state index is 0.0256. The molecule has 1 aliphatic rings. The Labute approximate surface area is 126 Å². The average molecular weight is 305 g/mol. The lowest BCUT2D eigenvalue weighted by molar-refractivity contribution is 0.102. The molecule has 21 heavy (non-hydrogen) atoms. The lowest BCUT2D eigenvalue weighted by Gasteiger charge is -2.18. The normalized spacial score (nSPS) is 13.2. The number of aryl methyl sites for hydroxylation is 1. The van der Waals surface area contributed by atoms with Crippen LogP contribution in [0.3, 0.4) is 0 Å². The van der Waals surface area contributed by atoms with Crippen LogP contribution >= 0.6 is 11.8 Å². The zero-order chi connectivity index (χ0) is 14.8. The maximum absolute atomic E-state index is 12.2. The molecule has 1 aromatic carbocycles. The highest BCUT2D eigenvalue weighted by Gasteiger charge is 2.16. The maximum atomic E-state index is 12.2. The van der Waals surface area contributed by atoms with Gasteiger partial charge in [0.15, 0.2) is 22.4 Å². The molecule has 0 saturated heterocycles. The zero-order valence-electron chi connectivity index (χ0n) is 11.8. The fourth-order valence-electron chi connectivity index (χ4n) is 1.94. The minimum atomic E-state index is 0.0256. The third kappa shape index (κ3) is 2.87. The van der Waals surface area contributed by atoms with E-state index in [-0.39, 0.29) is 5.78 Å². The molecule has 0 aliphatic carbocycles. The number of nitrogens with zero attached hydrogens (tertiary/aromatic N) is 3. The Hall–Kier alpha value is -2.02. The van der Waals surface area contributed by atoms with Crippen LogP contribution in [0.1, 0.15) is 16.2 Å². The topological polar surface area (TPSA) is 66.2 Å². The third-order valence-electron chi connectivity index (χ3n) is 3.25. The molecule has 0 saturated carbocycles. The lowest BCUT2D eigenvalue weighted by Crippen LogP contribution is -2.16. The summed E-state index contributed by atoms with van der Waals surface area (Å²) in [5.41, 5.74) is 0.616. The van der Waals surface area contributed by atoms with E-state index in [9.17, 15) is 4.79 Å². The van der Waals surface area contributed by atoms with Crippen LogP contribution in [0.4, 0.5) is 0 Å². The highest BCUT2D eigenvalue weighted by Crippen LogP contribution is 2.31. The van der Waals surface area contributed by atoms with Crippen molar-refractivity contribution in [1.29, 1.82) is 0 Å². The molecule has 0 fully saturated rings. The summed E-state index contributed by atoms with van der Waals surface area (Å²) in [6.45, 7) is 2.93. The van der Waals surface area contributed by atoms with Crippen LogP contribution < -0.4 is 9.47 Å². The van der Waals surface area contributed by atoms with E-state index in [0.29, 0.717) is 36.0 Å². The summed E-state index contributed by atoms with van der Waals surface area (Å²) in [6.07, 6.45) is 0. The van der Waals surface area contributed by atoms with E-state index in [1.807, 2.05) is 18.5 Å². The van der Waals surface area contributed by atoms with E-state index in [4.69, 9.17) is 9.47 Å². The molecule has 7 heteroatoms. The SMILES string of the molecule is Cc1nnc(SCC(=O)c2ccc3c(c2)OCCO3)n1C. The number of carbonyl (C=O) groups is 1. The van der Waals surface area contributed by atoms with E-state index in [0.717, 1.165) is 11.0 Å². The standard InChI is InChI=1S/C14H15N3O3S/c1-9-15-16-14(17(9)2)21-8-11(18)10-3-4-12-13(7-10)20-6-5-19-12/h3-4,7H,5-6,8H2,1-2H3. The fraction of sp³-hybridized carbons (Fsp3) is 0.357. The van der Waals surface area contributed by atoms with Gasteiger partial charge in [-0.1, -0.05) is 11.8 Å². The predicted molar refractivity (Wildman–Crippen MR) is 78.2 cm³/mol. The quantitative estimate of drug-likeness (QED) is 0.634. The van der Waals surface area contributed by atoms with Gasteiger partial charge < -0.3 is 14.0 Å². The van der Waals surface area contributed by atoms with Gasteiger partial charge in [-0.3, -0.25) is 4.79 Å². The Balaban J connectivity index is 1.69. The molecule has 0 radical (unpaired) electrons. The molecule has 0 unspecified atom stereocenters. The summed E-state index contributed by atoms with van der Waals surface area (Å²) in [4.78, 5) is 12.2. The Bertz CT molecular complexity index is 684. The summed E-state index contributed by atoms with van der Waals surface area (Å²) in [7, 11) is 1.88. The van der Waals surface area contributed by atoms with E-state index in [1.54, 1.807) is 18.2 Å². The van der Waals surface area contributed by atoms with Crippen LogP contribution in [-0.4, -0.2) is 39.5 Å². The zero-order valence-corrected chi connectivity index (χ0v) is 12.6. The second-order valence-electron chi connectivity index (χ2n) is 4.66. The van der Waals surface area contributed by atoms with Gasteiger partial charge in [0.2, 0.25) is 0 Å². The number of thioether (sulfide) groups is 1. The summed E-state index contributed by atoms with van der Waals surface area (Å²) >= 11 is 1.38. The molecule has 0 spiro atoms. The smallest absolute Gasteiger partial charge is 0.191 e. The number of hydrogen-bond acceptors (Lipinski definition) is 6. The van der Waals surface area contributed by atoms with Crippen molar-refractivity contribution in [2.75, 3.05) is 19.0 Å². The first-order valence-electron chi connectivity index (χ1n) is 6.57. The third-order valence-corrected chi connectivity index (χ3v) is 4.27. The predicted octanol–water partition coefficient (Wildman–Crippen LogP) is 1.87. The first-order valence-corrected chi connectivity index (χ1v) is 7.55. The molecule has 0 amide bonds. The monoisotopic (exact) mass is 305 g/mol. The van der Waals surface area contributed by atoms with Crippen LogP contribution in [0.2, 0.25) is 0 Å². The molecule has 0 bridgehead atoms. The van der Waals surface area contributed by atoms with Gasteiger partial charge in [-0.2, -0.15) is 0 Å². The van der Waals surface area contributed by atoms with Gasteiger partial charge in [-0.25, -0.2) is 0 Å². The Morgan fingerprint density at radius 2 is 2.05 bits per heavy atom. The highest BCUT2D eigenvalue weighted by molar-refractivity contribution is 7.99. The van der Waals surface area contributed by atoms with Crippen molar-refractivity contribution in [1.82, 2.24) is 14.8 Å². The van der Waals surface area contributed by atoms with E-state index < -0.39 is 0 Å². The van der Waals surface area contributed by atoms with Crippen LogP contribution in [0, 0.1) is 6.92 Å². The second kappa shape index (κ2) is 5.77. The van der Waals surface area contributed by atoms with Crippen LogP contribution in [0.5, 0.6) is 11.5 Å². The van der Waals surface area contributed by atoms with Gasteiger partial charge in [0, 0.05) is 12.6 Å².